The minimum atomic E-state index is -0.188. The summed E-state index contributed by atoms with van der Waals surface area (Å²) < 4.78 is 1.52. The van der Waals surface area contributed by atoms with Crippen molar-refractivity contribution in [3.63, 3.8) is 0 Å². The van der Waals surface area contributed by atoms with Crippen LogP contribution in [0.4, 0.5) is 5.69 Å². The van der Waals surface area contributed by atoms with Crippen LogP contribution in [0.15, 0.2) is 53.3 Å². The molecule has 5 nitrogen and oxygen atoms in total. The molecule has 5 heteroatoms. The molecule has 0 amide bonds. The number of anilines is 1. The molecule has 0 atom stereocenters. The average molecular weight is 368 g/mol. The lowest BCUT2D eigenvalue weighted by atomic mass is 10.0. The van der Waals surface area contributed by atoms with Crippen molar-refractivity contribution in [2.75, 3.05) is 5.32 Å². The van der Waals surface area contributed by atoms with E-state index in [9.17, 15) is 10.1 Å². The van der Waals surface area contributed by atoms with Gasteiger partial charge in [0.05, 0.1) is 21.8 Å². The molecular weight excluding hydrogens is 348 g/mol. The predicted octanol–water partition coefficient (Wildman–Crippen LogP) is 3.72. The molecule has 0 saturated heterocycles. The number of nitrogens with zero attached hydrogens (tertiary/aromatic N) is 3. The zero-order valence-corrected chi connectivity index (χ0v) is 16.0. The predicted molar refractivity (Wildman–Crippen MR) is 112 cm³/mol. The first-order chi connectivity index (χ1) is 13.5. The van der Waals surface area contributed by atoms with Crippen LogP contribution in [0.5, 0.6) is 0 Å². The van der Waals surface area contributed by atoms with E-state index in [1.165, 1.54) is 9.96 Å². The van der Waals surface area contributed by atoms with Crippen molar-refractivity contribution >= 4 is 28.6 Å². The van der Waals surface area contributed by atoms with Crippen LogP contribution >= 0.6 is 0 Å². The fourth-order valence-electron chi connectivity index (χ4n) is 3.41. The van der Waals surface area contributed by atoms with Crippen LogP contribution in [-0.4, -0.2) is 9.38 Å². The molecule has 0 aliphatic carbocycles. The number of aromatic nitrogens is 2. The van der Waals surface area contributed by atoms with Gasteiger partial charge >= 0.3 is 0 Å². The third kappa shape index (κ3) is 2.80. The molecule has 0 aliphatic rings. The van der Waals surface area contributed by atoms with Gasteiger partial charge in [0.2, 0.25) is 0 Å². The second kappa shape index (κ2) is 6.82. The van der Waals surface area contributed by atoms with Crippen LogP contribution in [0.1, 0.15) is 36.5 Å². The summed E-state index contributed by atoms with van der Waals surface area (Å²) in [6, 6.07) is 17.7. The standard InChI is InChI=1S/C23H20N4O/c1-14(2)16-8-10-17(11-9-16)25-13-19-15(3)18(12-24)22-26-20-6-4-5-7-21(20)27(22)23(19)28/h4-11,13-14,25H,1-3H3. The Bertz CT molecular complexity index is 1340. The third-order valence-electron chi connectivity index (χ3n) is 5.07. The zero-order chi connectivity index (χ0) is 19.8. The minimum Gasteiger partial charge on any atom is -0.361 e. The maximum Gasteiger partial charge on any atom is 0.265 e. The topological polar surface area (TPSA) is 70.2 Å². The van der Waals surface area contributed by atoms with Crippen molar-refractivity contribution in [3.8, 4) is 6.07 Å². The van der Waals surface area contributed by atoms with Gasteiger partial charge in [0.25, 0.3) is 5.56 Å². The Morgan fingerprint density at radius 3 is 2.54 bits per heavy atom. The molecule has 0 bridgehead atoms. The lowest BCUT2D eigenvalue weighted by molar-refractivity contribution is 0.867. The van der Waals surface area contributed by atoms with Gasteiger partial charge in [0.1, 0.15) is 6.07 Å². The quantitative estimate of drug-likeness (QED) is 0.598. The number of hydrogen-bond donors (Lipinski definition) is 1. The maximum absolute atomic E-state index is 13.2. The van der Waals surface area contributed by atoms with E-state index in [0.29, 0.717) is 38.9 Å². The van der Waals surface area contributed by atoms with E-state index in [0.717, 1.165) is 5.69 Å². The summed E-state index contributed by atoms with van der Waals surface area (Å²) in [7, 11) is 0. The van der Waals surface area contributed by atoms with Crippen molar-refractivity contribution in [1.29, 1.82) is 5.26 Å². The number of nitrogens with one attached hydrogen (secondary N) is 1. The Labute approximate surface area is 162 Å². The first-order valence-electron chi connectivity index (χ1n) is 9.22. The van der Waals surface area contributed by atoms with E-state index in [1.54, 1.807) is 13.1 Å². The Kier molecular flexibility index (Phi) is 4.32. The highest BCUT2D eigenvalue weighted by atomic mass is 16.1. The summed E-state index contributed by atoms with van der Waals surface area (Å²) in [5, 5.41) is 13.3. The molecule has 0 unspecified atom stereocenters. The first-order valence-corrected chi connectivity index (χ1v) is 9.22. The summed E-state index contributed by atoms with van der Waals surface area (Å²) in [6.45, 7) is 6.08. The summed E-state index contributed by atoms with van der Waals surface area (Å²) in [6.07, 6.45) is 1.68. The second-order valence-corrected chi connectivity index (χ2v) is 7.16. The van der Waals surface area contributed by atoms with Crippen LogP contribution in [-0.2, 0) is 0 Å². The van der Waals surface area contributed by atoms with Gasteiger partial charge < -0.3 is 5.32 Å². The SMILES string of the molecule is Cc1c(C#N)c2nc3ccccc3n2c(=O)c1=CNc1ccc(C(C)C)cc1. The summed E-state index contributed by atoms with van der Waals surface area (Å²) >= 11 is 0. The molecule has 0 spiro atoms. The van der Waals surface area contributed by atoms with E-state index in [-0.39, 0.29) is 5.56 Å². The van der Waals surface area contributed by atoms with Gasteiger partial charge in [-0.15, -0.1) is 0 Å². The van der Waals surface area contributed by atoms with Crippen molar-refractivity contribution in [1.82, 2.24) is 9.38 Å². The van der Waals surface area contributed by atoms with E-state index < -0.39 is 0 Å². The fraction of sp³-hybridized carbons (Fsp3) is 0.174. The molecule has 2 aromatic heterocycles. The monoisotopic (exact) mass is 368 g/mol. The van der Waals surface area contributed by atoms with Crippen molar-refractivity contribution in [3.05, 3.63) is 80.8 Å². The number of pyridine rings is 1. The third-order valence-corrected chi connectivity index (χ3v) is 5.07. The van der Waals surface area contributed by atoms with Crippen LogP contribution in [0.2, 0.25) is 0 Å². The smallest absolute Gasteiger partial charge is 0.265 e. The number of imidazole rings is 1. The number of fused-ring (bicyclic) bond motifs is 3. The molecule has 1 N–H and O–H groups in total. The number of hydrogen-bond acceptors (Lipinski definition) is 4. The van der Waals surface area contributed by atoms with Crippen LogP contribution < -0.4 is 16.1 Å². The first kappa shape index (κ1) is 17.7. The zero-order valence-electron chi connectivity index (χ0n) is 16.0. The van der Waals surface area contributed by atoms with Crippen LogP contribution in [0.3, 0.4) is 0 Å². The van der Waals surface area contributed by atoms with Gasteiger partial charge in [-0.2, -0.15) is 5.26 Å². The Morgan fingerprint density at radius 1 is 1.14 bits per heavy atom. The molecule has 0 radical (unpaired) electrons. The molecule has 0 saturated carbocycles. The summed E-state index contributed by atoms with van der Waals surface area (Å²) in [5.41, 5.74) is 4.80. The van der Waals surface area contributed by atoms with Crippen LogP contribution in [0, 0.1) is 18.3 Å². The average Bonchev–Trinajstić information content (AvgIpc) is 3.08. The maximum atomic E-state index is 13.2. The largest absolute Gasteiger partial charge is 0.361 e. The Morgan fingerprint density at radius 2 is 1.86 bits per heavy atom. The molecule has 4 rings (SSSR count). The molecule has 0 aliphatic heterocycles. The van der Waals surface area contributed by atoms with Crippen molar-refractivity contribution < 1.29 is 0 Å². The summed E-state index contributed by atoms with van der Waals surface area (Å²) in [4.78, 5) is 17.7. The molecule has 28 heavy (non-hydrogen) atoms. The van der Waals surface area contributed by atoms with E-state index in [2.05, 4.69) is 42.4 Å². The lowest BCUT2D eigenvalue weighted by Crippen LogP contribution is -2.34. The molecular formula is C23H20N4O. The number of nitriles is 1. The van der Waals surface area contributed by atoms with Gasteiger partial charge in [-0.1, -0.05) is 38.1 Å². The van der Waals surface area contributed by atoms with Crippen LogP contribution in [0.25, 0.3) is 22.9 Å². The Hall–Kier alpha value is -3.65. The molecule has 138 valence electrons. The van der Waals surface area contributed by atoms with Crippen molar-refractivity contribution in [2.24, 2.45) is 0 Å². The number of rotatable bonds is 3. The number of benzene rings is 2. The van der Waals surface area contributed by atoms with Gasteiger partial charge in [0, 0.05) is 11.9 Å². The highest BCUT2D eigenvalue weighted by molar-refractivity contribution is 5.82. The summed E-state index contributed by atoms with van der Waals surface area (Å²) in [5.74, 6) is 0.462. The van der Waals surface area contributed by atoms with E-state index >= 15 is 0 Å². The van der Waals surface area contributed by atoms with Gasteiger partial charge in [-0.3, -0.25) is 9.20 Å². The van der Waals surface area contributed by atoms with Crippen molar-refractivity contribution in [2.45, 2.75) is 26.7 Å². The molecule has 0 fully saturated rings. The molecule has 2 aromatic carbocycles. The fourth-order valence-corrected chi connectivity index (χ4v) is 3.41. The highest BCUT2D eigenvalue weighted by Gasteiger charge is 2.15. The minimum absolute atomic E-state index is 0.188. The Balaban J connectivity index is 1.91. The lowest BCUT2D eigenvalue weighted by Gasteiger charge is -2.07. The second-order valence-electron chi connectivity index (χ2n) is 7.16. The molecule has 2 heterocycles. The normalized spacial score (nSPS) is 12.0. The molecule has 4 aromatic rings. The highest BCUT2D eigenvalue weighted by Crippen LogP contribution is 2.18. The number of para-hydroxylation sites is 2. The van der Waals surface area contributed by atoms with Gasteiger partial charge in [-0.05, 0) is 48.2 Å². The van der Waals surface area contributed by atoms with E-state index in [1.807, 2.05) is 36.4 Å². The van der Waals surface area contributed by atoms with Gasteiger partial charge in [-0.25, -0.2) is 4.98 Å². The van der Waals surface area contributed by atoms with E-state index in [4.69, 9.17) is 0 Å². The van der Waals surface area contributed by atoms with Gasteiger partial charge in [0.15, 0.2) is 5.65 Å².